The van der Waals surface area contributed by atoms with Gasteiger partial charge >= 0.3 is 0 Å². The molecule has 0 amide bonds. The van der Waals surface area contributed by atoms with Gasteiger partial charge in [0.25, 0.3) is 0 Å². The van der Waals surface area contributed by atoms with Gasteiger partial charge in [-0.25, -0.2) is 0 Å². The fourth-order valence-corrected chi connectivity index (χ4v) is 4.03. The summed E-state index contributed by atoms with van der Waals surface area (Å²) in [6.07, 6.45) is 0. The maximum absolute atomic E-state index is 10.5. The zero-order valence-corrected chi connectivity index (χ0v) is 13.5. The van der Waals surface area contributed by atoms with Crippen molar-refractivity contribution in [1.29, 1.82) is 0 Å². The highest BCUT2D eigenvalue weighted by atomic mass is 16.3. The van der Waals surface area contributed by atoms with Crippen LogP contribution in [0.2, 0.25) is 0 Å². The van der Waals surface area contributed by atoms with E-state index in [0.29, 0.717) is 5.75 Å². The first-order valence-electron chi connectivity index (χ1n) is 8.14. The van der Waals surface area contributed by atoms with Crippen LogP contribution in [-0.2, 0) is 0 Å². The number of aromatic hydroxyl groups is 1. The van der Waals surface area contributed by atoms with Gasteiger partial charge in [0, 0.05) is 17.4 Å². The Bertz CT molecular complexity index is 879. The first-order chi connectivity index (χ1) is 11.2. The van der Waals surface area contributed by atoms with Crippen molar-refractivity contribution in [3.05, 3.63) is 100 Å². The molecule has 3 aromatic carbocycles. The molecule has 4 rings (SSSR count). The van der Waals surface area contributed by atoms with E-state index in [1.807, 2.05) is 6.07 Å². The molecule has 23 heavy (non-hydrogen) atoms. The SMILES string of the molecule is Cc1ccccc1C1c2ccccc2C(C)c2c(O)cccc21. The van der Waals surface area contributed by atoms with Crippen molar-refractivity contribution in [2.45, 2.75) is 25.7 Å². The van der Waals surface area contributed by atoms with E-state index in [0.717, 1.165) is 5.56 Å². The van der Waals surface area contributed by atoms with Crippen molar-refractivity contribution < 1.29 is 5.11 Å². The van der Waals surface area contributed by atoms with Crippen molar-refractivity contribution in [3.8, 4) is 5.75 Å². The van der Waals surface area contributed by atoms with Crippen LogP contribution in [-0.4, -0.2) is 5.11 Å². The summed E-state index contributed by atoms with van der Waals surface area (Å²) < 4.78 is 0. The van der Waals surface area contributed by atoms with Crippen molar-refractivity contribution >= 4 is 0 Å². The first kappa shape index (κ1) is 14.1. The number of hydrogen-bond acceptors (Lipinski definition) is 1. The lowest BCUT2D eigenvalue weighted by atomic mass is 9.70. The third-order valence-corrected chi connectivity index (χ3v) is 5.13. The van der Waals surface area contributed by atoms with Gasteiger partial charge in [-0.05, 0) is 40.8 Å². The maximum Gasteiger partial charge on any atom is 0.119 e. The summed E-state index contributed by atoms with van der Waals surface area (Å²) in [4.78, 5) is 0. The van der Waals surface area contributed by atoms with Gasteiger partial charge in [0.2, 0.25) is 0 Å². The normalized spacial score (nSPS) is 19.0. The molecule has 0 saturated carbocycles. The second-order valence-electron chi connectivity index (χ2n) is 6.42. The van der Waals surface area contributed by atoms with E-state index >= 15 is 0 Å². The molecule has 0 heterocycles. The minimum absolute atomic E-state index is 0.186. The molecule has 1 aliphatic carbocycles. The first-order valence-corrected chi connectivity index (χ1v) is 8.14. The molecule has 0 aromatic heterocycles. The summed E-state index contributed by atoms with van der Waals surface area (Å²) in [5, 5.41) is 10.5. The quantitative estimate of drug-likeness (QED) is 0.642. The van der Waals surface area contributed by atoms with Gasteiger partial charge in [-0.2, -0.15) is 0 Å². The predicted octanol–water partition coefficient (Wildman–Crippen LogP) is 5.35. The van der Waals surface area contributed by atoms with Crippen LogP contribution in [0.4, 0.5) is 0 Å². The van der Waals surface area contributed by atoms with E-state index in [1.54, 1.807) is 6.07 Å². The van der Waals surface area contributed by atoms with Crippen LogP contribution < -0.4 is 0 Å². The topological polar surface area (TPSA) is 20.2 Å². The van der Waals surface area contributed by atoms with E-state index in [4.69, 9.17) is 0 Å². The van der Waals surface area contributed by atoms with E-state index in [9.17, 15) is 5.11 Å². The predicted molar refractivity (Wildman–Crippen MR) is 94.2 cm³/mol. The molecular formula is C22H20O. The van der Waals surface area contributed by atoms with Gasteiger partial charge in [-0.1, -0.05) is 67.6 Å². The molecule has 1 aliphatic rings. The van der Waals surface area contributed by atoms with Crippen LogP contribution in [0, 0.1) is 6.92 Å². The second-order valence-corrected chi connectivity index (χ2v) is 6.42. The van der Waals surface area contributed by atoms with Gasteiger partial charge in [-0.15, -0.1) is 0 Å². The summed E-state index contributed by atoms with van der Waals surface area (Å²) in [7, 11) is 0. The molecular weight excluding hydrogens is 280 g/mol. The molecule has 0 radical (unpaired) electrons. The Morgan fingerprint density at radius 3 is 2.04 bits per heavy atom. The molecule has 0 saturated heterocycles. The molecule has 1 heteroatoms. The highest BCUT2D eigenvalue weighted by molar-refractivity contribution is 5.61. The summed E-state index contributed by atoms with van der Waals surface area (Å²) >= 11 is 0. The highest BCUT2D eigenvalue weighted by Gasteiger charge is 2.32. The Labute approximate surface area is 137 Å². The molecule has 1 nitrogen and oxygen atoms in total. The number of fused-ring (bicyclic) bond motifs is 2. The molecule has 0 bridgehead atoms. The number of hydrogen-bond donors (Lipinski definition) is 1. The molecule has 2 unspecified atom stereocenters. The largest absolute Gasteiger partial charge is 0.508 e. The third-order valence-electron chi connectivity index (χ3n) is 5.13. The molecule has 114 valence electrons. The van der Waals surface area contributed by atoms with Crippen LogP contribution in [0.15, 0.2) is 66.7 Å². The minimum Gasteiger partial charge on any atom is -0.508 e. The highest BCUT2D eigenvalue weighted by Crippen LogP contribution is 2.49. The summed E-state index contributed by atoms with van der Waals surface area (Å²) in [5.74, 6) is 0.802. The third kappa shape index (κ3) is 2.08. The summed E-state index contributed by atoms with van der Waals surface area (Å²) in [6.45, 7) is 4.35. The van der Waals surface area contributed by atoms with Crippen LogP contribution in [0.3, 0.4) is 0 Å². The van der Waals surface area contributed by atoms with E-state index in [-0.39, 0.29) is 11.8 Å². The van der Waals surface area contributed by atoms with E-state index in [1.165, 1.54) is 27.8 Å². The number of rotatable bonds is 1. The fourth-order valence-electron chi connectivity index (χ4n) is 4.03. The van der Waals surface area contributed by atoms with Crippen LogP contribution in [0.5, 0.6) is 5.75 Å². The van der Waals surface area contributed by atoms with Crippen molar-refractivity contribution in [1.82, 2.24) is 0 Å². The van der Waals surface area contributed by atoms with Gasteiger partial charge in [0.15, 0.2) is 0 Å². The Morgan fingerprint density at radius 1 is 0.696 bits per heavy atom. The van der Waals surface area contributed by atoms with E-state index < -0.39 is 0 Å². The summed E-state index contributed by atoms with van der Waals surface area (Å²) in [6, 6.07) is 23.1. The number of benzene rings is 3. The molecule has 0 spiro atoms. The van der Waals surface area contributed by atoms with Crippen LogP contribution in [0.25, 0.3) is 0 Å². The van der Waals surface area contributed by atoms with Crippen molar-refractivity contribution in [3.63, 3.8) is 0 Å². The van der Waals surface area contributed by atoms with Gasteiger partial charge < -0.3 is 5.11 Å². The maximum atomic E-state index is 10.5. The lowest BCUT2D eigenvalue weighted by Crippen LogP contribution is -2.18. The Balaban J connectivity index is 2.06. The average Bonchev–Trinajstić information content (AvgIpc) is 2.57. The molecule has 1 N–H and O–H groups in total. The average molecular weight is 300 g/mol. The molecule has 0 aliphatic heterocycles. The monoisotopic (exact) mass is 300 g/mol. The Morgan fingerprint density at radius 2 is 1.30 bits per heavy atom. The van der Waals surface area contributed by atoms with Gasteiger partial charge in [0.05, 0.1) is 0 Å². The number of phenolic OH excluding ortho intramolecular Hbond substituents is 1. The number of aryl methyl sites for hydroxylation is 1. The minimum atomic E-state index is 0.186. The Hall–Kier alpha value is -2.54. The molecule has 3 aromatic rings. The van der Waals surface area contributed by atoms with E-state index in [2.05, 4.69) is 68.4 Å². The molecule has 2 atom stereocenters. The zero-order valence-electron chi connectivity index (χ0n) is 13.5. The standard InChI is InChI=1S/C22H20O/c1-14-8-3-4-9-16(14)22-18-11-6-5-10-17(18)15(2)21-19(22)12-7-13-20(21)23/h3-13,15,22-23H,1-2H3. The smallest absolute Gasteiger partial charge is 0.119 e. The lowest BCUT2D eigenvalue weighted by molar-refractivity contribution is 0.463. The van der Waals surface area contributed by atoms with Crippen molar-refractivity contribution in [2.75, 3.05) is 0 Å². The van der Waals surface area contributed by atoms with Crippen LogP contribution in [0.1, 0.15) is 52.1 Å². The Kier molecular flexibility index (Phi) is 3.23. The van der Waals surface area contributed by atoms with Crippen LogP contribution >= 0.6 is 0 Å². The fraction of sp³-hybridized carbons (Fsp3) is 0.182. The van der Waals surface area contributed by atoms with Gasteiger partial charge in [0.1, 0.15) is 5.75 Å². The lowest BCUT2D eigenvalue weighted by Gasteiger charge is -2.34. The van der Waals surface area contributed by atoms with Crippen molar-refractivity contribution in [2.24, 2.45) is 0 Å². The second kappa shape index (κ2) is 5.27. The number of phenols is 1. The molecule has 0 fully saturated rings. The zero-order chi connectivity index (χ0) is 16.0. The summed E-state index contributed by atoms with van der Waals surface area (Å²) in [5.41, 5.74) is 7.57. The van der Waals surface area contributed by atoms with Gasteiger partial charge in [-0.3, -0.25) is 0 Å².